The molecule has 4 rings (SSSR count). The smallest absolute Gasteiger partial charge is 0.228 e. The number of aromatic nitrogens is 3. The molecular formula is C17H16ClIN6. The van der Waals surface area contributed by atoms with E-state index in [1.54, 1.807) is 12.3 Å². The van der Waals surface area contributed by atoms with E-state index in [4.69, 9.17) is 21.6 Å². The Labute approximate surface area is 164 Å². The number of halogens is 2. The minimum atomic E-state index is 0.429. The number of rotatable bonds is 3. The van der Waals surface area contributed by atoms with Crippen molar-refractivity contribution in [3.8, 4) is 0 Å². The predicted molar refractivity (Wildman–Crippen MR) is 110 cm³/mol. The molecule has 3 heterocycles. The molecule has 25 heavy (non-hydrogen) atoms. The van der Waals surface area contributed by atoms with Crippen LogP contribution in [-0.2, 0) is 0 Å². The van der Waals surface area contributed by atoms with Crippen LogP contribution in [0, 0.1) is 0 Å². The van der Waals surface area contributed by atoms with Crippen LogP contribution in [0.2, 0.25) is 5.15 Å². The maximum Gasteiger partial charge on any atom is 0.228 e. The van der Waals surface area contributed by atoms with Crippen LogP contribution in [0.15, 0.2) is 42.6 Å². The highest BCUT2D eigenvalue weighted by Crippen LogP contribution is 2.28. The first-order valence-electron chi connectivity index (χ1n) is 8.00. The third-order valence-electron chi connectivity index (χ3n) is 4.08. The van der Waals surface area contributed by atoms with Gasteiger partial charge in [-0.1, -0.05) is 29.8 Å². The predicted octanol–water partition coefficient (Wildman–Crippen LogP) is 3.89. The molecule has 1 N–H and O–H groups in total. The molecule has 1 fully saturated rings. The number of fused-ring (bicyclic) bond motifs is 1. The summed E-state index contributed by atoms with van der Waals surface area (Å²) in [6, 6.07) is 11.8. The fourth-order valence-electron chi connectivity index (χ4n) is 2.77. The van der Waals surface area contributed by atoms with Crippen LogP contribution in [0.5, 0.6) is 0 Å². The molecule has 8 heteroatoms. The number of anilines is 3. The number of piperazine rings is 1. The van der Waals surface area contributed by atoms with E-state index in [1.807, 2.05) is 30.3 Å². The molecule has 0 bridgehead atoms. The van der Waals surface area contributed by atoms with Gasteiger partial charge in [0.05, 0.1) is 11.7 Å². The summed E-state index contributed by atoms with van der Waals surface area (Å²) in [6.45, 7) is 3.78. The average Bonchev–Trinajstić information content (AvgIpc) is 2.63. The van der Waals surface area contributed by atoms with Gasteiger partial charge in [-0.25, -0.2) is 13.1 Å². The number of para-hydroxylation sites is 1. The molecule has 3 aromatic rings. The summed E-state index contributed by atoms with van der Waals surface area (Å²) in [7, 11) is 0. The largest absolute Gasteiger partial charge is 0.340 e. The van der Waals surface area contributed by atoms with Gasteiger partial charge in [-0.2, -0.15) is 4.98 Å². The Bertz CT molecular complexity index is 883. The molecule has 1 saturated heterocycles. The van der Waals surface area contributed by atoms with E-state index in [2.05, 4.69) is 41.2 Å². The van der Waals surface area contributed by atoms with E-state index in [0.717, 1.165) is 54.5 Å². The van der Waals surface area contributed by atoms with Gasteiger partial charge in [-0.05, 0) is 18.2 Å². The van der Waals surface area contributed by atoms with Crippen molar-refractivity contribution < 1.29 is 0 Å². The van der Waals surface area contributed by atoms with E-state index in [1.165, 1.54) is 0 Å². The Morgan fingerprint density at radius 1 is 1.04 bits per heavy atom. The first-order chi connectivity index (χ1) is 12.2. The van der Waals surface area contributed by atoms with Gasteiger partial charge in [-0.15, -0.1) is 0 Å². The summed E-state index contributed by atoms with van der Waals surface area (Å²) in [5.74, 6) is 1.46. The zero-order valence-corrected chi connectivity index (χ0v) is 16.3. The van der Waals surface area contributed by atoms with Crippen molar-refractivity contribution in [3.63, 3.8) is 0 Å². The Kier molecular flexibility index (Phi) is 4.87. The van der Waals surface area contributed by atoms with Crippen molar-refractivity contribution in [1.82, 2.24) is 18.1 Å². The maximum absolute atomic E-state index is 6.09. The number of nitrogens with one attached hydrogen (secondary N) is 1. The van der Waals surface area contributed by atoms with Crippen molar-refractivity contribution >= 4 is 62.8 Å². The topological polar surface area (TPSA) is 57.2 Å². The number of nitrogens with zero attached hydrogens (tertiary/aromatic N) is 5. The van der Waals surface area contributed by atoms with Crippen LogP contribution in [0.1, 0.15) is 0 Å². The number of hydrogen-bond donors (Lipinski definition) is 1. The summed E-state index contributed by atoms with van der Waals surface area (Å²) < 4.78 is 2.28. The third-order valence-corrected chi connectivity index (χ3v) is 5.25. The second-order valence-corrected chi connectivity index (χ2v) is 7.54. The van der Waals surface area contributed by atoms with Gasteiger partial charge in [0.25, 0.3) is 0 Å². The molecule has 1 aliphatic rings. The molecule has 128 valence electrons. The lowest BCUT2D eigenvalue weighted by Crippen LogP contribution is -2.43. The zero-order chi connectivity index (χ0) is 17.2. The maximum atomic E-state index is 6.09. The molecule has 0 unspecified atom stereocenters. The zero-order valence-electron chi connectivity index (χ0n) is 13.4. The van der Waals surface area contributed by atoms with E-state index in [9.17, 15) is 0 Å². The van der Waals surface area contributed by atoms with Crippen LogP contribution < -0.4 is 10.2 Å². The summed E-state index contributed by atoms with van der Waals surface area (Å²) in [5, 5.41) is 4.68. The van der Waals surface area contributed by atoms with Crippen molar-refractivity contribution in [2.75, 3.05) is 36.4 Å². The van der Waals surface area contributed by atoms with Crippen LogP contribution in [0.4, 0.5) is 17.5 Å². The fourth-order valence-corrected chi connectivity index (χ4v) is 3.36. The molecule has 0 aliphatic carbocycles. The van der Waals surface area contributed by atoms with Gasteiger partial charge in [-0.3, -0.25) is 0 Å². The van der Waals surface area contributed by atoms with Gasteiger partial charge in [0.15, 0.2) is 0 Å². The van der Waals surface area contributed by atoms with Gasteiger partial charge in [0.1, 0.15) is 11.0 Å². The molecule has 6 nitrogen and oxygen atoms in total. The van der Waals surface area contributed by atoms with E-state index in [-0.39, 0.29) is 0 Å². The standard InChI is InChI=1S/C17H16ClIN6/c18-15-10-13-14(11-20-15)22-17(24-6-8-25(19)9-7-24)23-16(13)21-12-4-2-1-3-5-12/h1-5,10-11H,6-9H2,(H,21,22,23). The quantitative estimate of drug-likeness (QED) is 0.359. The first-order valence-corrected chi connectivity index (χ1v) is 9.34. The highest BCUT2D eigenvalue weighted by atomic mass is 127. The lowest BCUT2D eigenvalue weighted by atomic mass is 10.2. The Morgan fingerprint density at radius 3 is 2.56 bits per heavy atom. The van der Waals surface area contributed by atoms with Crippen LogP contribution in [0.3, 0.4) is 0 Å². The van der Waals surface area contributed by atoms with Gasteiger partial charge < -0.3 is 10.2 Å². The lowest BCUT2D eigenvalue weighted by Gasteiger charge is -2.31. The lowest BCUT2D eigenvalue weighted by molar-refractivity contribution is 0.456. The van der Waals surface area contributed by atoms with Crippen LogP contribution in [-0.4, -0.2) is 44.2 Å². The highest BCUT2D eigenvalue weighted by molar-refractivity contribution is 14.1. The minimum absolute atomic E-state index is 0.429. The summed E-state index contributed by atoms with van der Waals surface area (Å²) >= 11 is 8.44. The Morgan fingerprint density at radius 2 is 1.80 bits per heavy atom. The Balaban J connectivity index is 1.76. The van der Waals surface area contributed by atoms with Crippen molar-refractivity contribution in [2.45, 2.75) is 0 Å². The number of pyridine rings is 1. The third kappa shape index (κ3) is 3.78. The summed E-state index contributed by atoms with van der Waals surface area (Å²) in [5.41, 5.74) is 1.75. The van der Waals surface area contributed by atoms with Crippen molar-refractivity contribution in [2.24, 2.45) is 0 Å². The first kappa shape index (κ1) is 16.7. The molecule has 1 aromatic carbocycles. The fraction of sp³-hybridized carbons (Fsp3) is 0.235. The SMILES string of the molecule is Clc1cc2c(Nc3ccccc3)nc(N3CCN(I)CC3)nc2cn1. The van der Waals surface area contributed by atoms with E-state index < -0.39 is 0 Å². The van der Waals surface area contributed by atoms with Crippen molar-refractivity contribution in [1.29, 1.82) is 0 Å². The molecule has 1 aliphatic heterocycles. The van der Waals surface area contributed by atoms with Crippen LogP contribution in [0.25, 0.3) is 10.9 Å². The van der Waals surface area contributed by atoms with Gasteiger partial charge in [0, 0.05) is 60.1 Å². The molecule has 0 atom stereocenters. The minimum Gasteiger partial charge on any atom is -0.340 e. The molecule has 0 amide bonds. The molecular weight excluding hydrogens is 451 g/mol. The average molecular weight is 467 g/mol. The monoisotopic (exact) mass is 466 g/mol. The number of hydrogen-bond acceptors (Lipinski definition) is 6. The summed E-state index contributed by atoms with van der Waals surface area (Å²) in [6.07, 6.45) is 1.70. The molecule has 0 spiro atoms. The van der Waals surface area contributed by atoms with E-state index in [0.29, 0.717) is 5.15 Å². The van der Waals surface area contributed by atoms with Gasteiger partial charge in [0.2, 0.25) is 5.95 Å². The number of benzene rings is 1. The van der Waals surface area contributed by atoms with Crippen molar-refractivity contribution in [3.05, 3.63) is 47.7 Å². The normalized spacial score (nSPS) is 15.5. The van der Waals surface area contributed by atoms with Gasteiger partial charge >= 0.3 is 0 Å². The molecule has 0 radical (unpaired) electrons. The Hall–Kier alpha value is -1.71. The second kappa shape index (κ2) is 7.27. The van der Waals surface area contributed by atoms with E-state index >= 15 is 0 Å². The summed E-state index contributed by atoms with van der Waals surface area (Å²) in [4.78, 5) is 15.9. The van der Waals surface area contributed by atoms with Crippen LogP contribution >= 0.6 is 34.5 Å². The molecule has 2 aromatic heterocycles. The highest BCUT2D eigenvalue weighted by Gasteiger charge is 2.19. The second-order valence-electron chi connectivity index (χ2n) is 5.78. The molecule has 0 saturated carbocycles.